The molecule has 1 aliphatic heterocycles. The lowest BCUT2D eigenvalue weighted by Crippen LogP contribution is -2.56. The number of carbonyl (C=O) groups is 10. The highest BCUT2D eigenvalue weighted by atomic mass is 16.7. The van der Waals surface area contributed by atoms with E-state index in [-0.39, 0.29) is 69.8 Å². The van der Waals surface area contributed by atoms with E-state index in [1.165, 1.54) is 11.8 Å². The molecule has 0 unspecified atom stereocenters. The highest BCUT2D eigenvalue weighted by Gasteiger charge is 2.37. The number of nitrogens with zero attached hydrogens (tertiary/aromatic N) is 5. The average Bonchev–Trinajstić information content (AvgIpc) is 3.89. The van der Waals surface area contributed by atoms with Gasteiger partial charge in [0.1, 0.15) is 48.5 Å². The number of anilines is 1. The summed E-state index contributed by atoms with van der Waals surface area (Å²) < 4.78 is 5.40. The number of hydrogen-bond acceptors (Lipinski definition) is 19. The summed E-state index contributed by atoms with van der Waals surface area (Å²) in [6, 6.07) is 3.45. The zero-order chi connectivity index (χ0) is 59.6. The number of ether oxygens (including phenoxy) is 1. The molecule has 6 atom stereocenters. The number of carbonyl (C=O) groups excluding carboxylic acids is 10. The minimum Gasteiger partial charge on any atom is -0.459 e. The van der Waals surface area contributed by atoms with Crippen LogP contribution in [-0.4, -0.2) is 142 Å². The van der Waals surface area contributed by atoms with Gasteiger partial charge in [-0.1, -0.05) is 49.6 Å². The zero-order valence-electron chi connectivity index (χ0n) is 44.0. The van der Waals surface area contributed by atoms with Gasteiger partial charge in [-0.25, -0.2) is 19.9 Å². The number of esters is 1. The molecule has 0 saturated carbocycles. The first-order valence-electron chi connectivity index (χ1n) is 25.0. The number of primary amides is 2. The van der Waals surface area contributed by atoms with Gasteiger partial charge < -0.3 is 64.1 Å². The number of non-ortho nitro benzene ring substituents is 1. The van der Waals surface area contributed by atoms with Gasteiger partial charge in [-0.3, -0.25) is 63.4 Å². The van der Waals surface area contributed by atoms with Gasteiger partial charge >= 0.3 is 5.97 Å². The molecular formula is C47H66N16O17. The Morgan fingerprint density at radius 1 is 0.700 bits per heavy atom. The first-order chi connectivity index (χ1) is 37.7. The Morgan fingerprint density at radius 3 is 1.86 bits per heavy atom. The summed E-state index contributed by atoms with van der Waals surface area (Å²) in [4.78, 5) is 168. The third-order valence-corrected chi connectivity index (χ3v) is 11.8. The van der Waals surface area contributed by atoms with Crippen LogP contribution in [0.1, 0.15) is 84.1 Å². The Hall–Kier alpha value is -9.59. The summed E-state index contributed by atoms with van der Waals surface area (Å²) in [6.07, 6.45) is -0.999. The zero-order valence-corrected chi connectivity index (χ0v) is 44.0. The number of nitro groups is 3. The molecule has 33 nitrogen and oxygen atoms in total. The highest BCUT2D eigenvalue weighted by Crippen LogP contribution is 2.36. The smallest absolute Gasteiger partial charge is 0.328 e. The third kappa shape index (κ3) is 22.6. The molecule has 3 rings (SSSR count). The van der Waals surface area contributed by atoms with Crippen molar-refractivity contribution in [3.8, 4) is 0 Å². The Morgan fingerprint density at radius 2 is 1.29 bits per heavy atom. The van der Waals surface area contributed by atoms with Crippen LogP contribution >= 0.6 is 0 Å². The van der Waals surface area contributed by atoms with Gasteiger partial charge in [-0.05, 0) is 69.4 Å². The summed E-state index contributed by atoms with van der Waals surface area (Å²) >= 11 is 0. The number of hydrazine groups is 1. The number of rotatable bonds is 33. The van der Waals surface area contributed by atoms with Gasteiger partial charge in [0.15, 0.2) is 5.03 Å². The van der Waals surface area contributed by atoms with Crippen LogP contribution in [0.15, 0.2) is 53.5 Å². The largest absolute Gasteiger partial charge is 0.459 e. The van der Waals surface area contributed by atoms with Gasteiger partial charge in [0, 0.05) is 32.0 Å². The lowest BCUT2D eigenvalue weighted by Gasteiger charge is -2.27. The molecule has 0 aliphatic carbocycles. The predicted octanol–water partition coefficient (Wildman–Crippen LogP) is -2.66. The molecule has 2 aromatic carbocycles. The van der Waals surface area contributed by atoms with Crippen LogP contribution in [-0.2, 0) is 59.3 Å². The molecule has 1 saturated heterocycles. The fourth-order valence-corrected chi connectivity index (χ4v) is 7.88. The molecule has 0 aromatic heterocycles. The first-order valence-corrected chi connectivity index (χ1v) is 25.0. The van der Waals surface area contributed by atoms with Gasteiger partial charge in [-0.15, -0.1) is 0 Å². The van der Waals surface area contributed by atoms with E-state index in [0.717, 1.165) is 18.2 Å². The first kappa shape index (κ1) is 64.7. The Bertz CT molecular complexity index is 2640. The number of amides is 9. The maximum Gasteiger partial charge on any atom is 0.328 e. The van der Waals surface area contributed by atoms with Crippen molar-refractivity contribution in [1.29, 1.82) is 0 Å². The molecule has 33 heteroatoms. The van der Waals surface area contributed by atoms with Gasteiger partial charge in [0.05, 0.1) is 29.0 Å². The quantitative estimate of drug-likeness (QED) is 0.00868. The van der Waals surface area contributed by atoms with Crippen LogP contribution < -0.4 is 64.7 Å². The van der Waals surface area contributed by atoms with Gasteiger partial charge in [-0.2, -0.15) is 0 Å². The van der Waals surface area contributed by atoms with Crippen LogP contribution in [0.5, 0.6) is 0 Å². The van der Waals surface area contributed by atoms with Crippen LogP contribution in [0.4, 0.5) is 17.1 Å². The minimum atomic E-state index is -1.50. The van der Waals surface area contributed by atoms with E-state index in [9.17, 15) is 78.3 Å². The minimum absolute atomic E-state index is 0.0225. The van der Waals surface area contributed by atoms with E-state index in [1.54, 1.807) is 49.6 Å². The number of nitro benzene ring substituents is 2. The Balaban J connectivity index is 1.62. The van der Waals surface area contributed by atoms with Gasteiger partial charge in [0.25, 0.3) is 17.3 Å². The van der Waals surface area contributed by atoms with E-state index >= 15 is 0 Å². The second-order valence-corrected chi connectivity index (χ2v) is 18.6. The van der Waals surface area contributed by atoms with Crippen LogP contribution in [0.25, 0.3) is 0 Å². The fourth-order valence-electron chi connectivity index (χ4n) is 7.88. The molecular weight excluding hydrogens is 1060 g/mol. The van der Waals surface area contributed by atoms with Gasteiger partial charge in [0.2, 0.25) is 53.2 Å². The normalized spacial score (nSPS) is 14.8. The lowest BCUT2D eigenvalue weighted by atomic mass is 10.0. The lowest BCUT2D eigenvalue weighted by molar-refractivity contribution is -0.525. The Labute approximate surface area is 456 Å². The molecule has 0 spiro atoms. The van der Waals surface area contributed by atoms with Crippen molar-refractivity contribution in [3.63, 3.8) is 0 Å². The molecule has 436 valence electrons. The van der Waals surface area contributed by atoms with Crippen molar-refractivity contribution >= 4 is 82.2 Å². The third-order valence-electron chi connectivity index (χ3n) is 11.8. The highest BCUT2D eigenvalue weighted by molar-refractivity contribution is 5.97. The number of hydrogen-bond donors (Lipinski definition) is 11. The summed E-state index contributed by atoms with van der Waals surface area (Å²) in [5.74, 6) is -9.59. The van der Waals surface area contributed by atoms with E-state index < -0.39 is 154 Å². The van der Waals surface area contributed by atoms with E-state index in [1.807, 2.05) is 0 Å². The SMILES string of the molecule is CC(C)C[C@H](NC(=O)CNC(=O)[C@H](CCC(N)=O)NC(=O)[C@@H]1CCCN1c1ccc([N+](=O)[O-])cc1[N+](=O)[O-])C(=O)N[C@@H](C)C(=O)NCC(=O)N[C@@H](CCC(N)=O)C(=O)N[C@H](CCCN=C(N)N[N+](=O)[O-])C(=O)OCc1ccccc1. The summed E-state index contributed by atoms with van der Waals surface area (Å²) in [6.45, 7) is 3.03. The number of guanidine groups is 1. The molecule has 9 amide bonds. The number of nitrogens with two attached hydrogens (primary N) is 3. The molecule has 1 fully saturated rings. The molecule has 2 aromatic rings. The predicted molar refractivity (Wildman–Crippen MR) is 280 cm³/mol. The van der Waals surface area contributed by atoms with Crippen molar-refractivity contribution in [2.75, 3.05) is 31.1 Å². The number of benzene rings is 2. The van der Waals surface area contributed by atoms with Crippen LogP contribution in [0.3, 0.4) is 0 Å². The van der Waals surface area contributed by atoms with Crippen molar-refractivity contribution < 1.29 is 67.6 Å². The number of aliphatic imine (C=N–C) groups is 1. The van der Waals surface area contributed by atoms with Crippen molar-refractivity contribution in [2.45, 2.75) is 121 Å². The van der Waals surface area contributed by atoms with E-state index in [0.29, 0.717) is 12.0 Å². The summed E-state index contributed by atoms with van der Waals surface area (Å²) in [5, 5.41) is 49.8. The monoisotopic (exact) mass is 1130 g/mol. The molecule has 0 radical (unpaired) electrons. The maximum atomic E-state index is 13.6. The molecule has 1 heterocycles. The molecule has 80 heavy (non-hydrogen) atoms. The molecule has 0 bridgehead atoms. The van der Waals surface area contributed by atoms with E-state index in [4.69, 9.17) is 21.9 Å². The van der Waals surface area contributed by atoms with Crippen LogP contribution in [0.2, 0.25) is 0 Å². The molecule has 14 N–H and O–H groups in total. The standard InChI is InChI=1S/C47H66N16O17/c1-26(2)21-33(56-40(67)24-53-42(69)30(14-17-37(48)64)57-45(72)35-12-8-20-60(35)34-16-13-29(61(74)75)22-36(34)62(76)77)44(71)54-27(3)41(68)52-23-39(66)55-31(15-18-38(49)65)43(70)58-32(11-7-19-51-47(50)59-63(78)79)46(73)80-25-28-9-5-4-6-10-28/h4-6,9-10,13,16,22,26-27,30-33,35H,7-8,11-12,14-15,17-21,23-25H2,1-3H3,(H2,48,64)(H2,49,65)(H,52,68)(H,53,69)(H,54,71)(H,55,66)(H,56,67)(H,57,72)(H,58,70)(H3,50,51,59)/t27-,30-,31-,32+,33-,35-/m0/s1. The fraction of sp³-hybridized carbons (Fsp3) is 0.511. The Kier molecular flexibility index (Phi) is 26.1. The van der Waals surface area contributed by atoms with E-state index in [2.05, 4.69) is 42.2 Å². The van der Waals surface area contributed by atoms with Crippen molar-refractivity contribution in [2.24, 2.45) is 28.1 Å². The van der Waals surface area contributed by atoms with Crippen LogP contribution in [0, 0.1) is 36.3 Å². The summed E-state index contributed by atoms with van der Waals surface area (Å²) in [5.41, 5.74) is 17.1. The van der Waals surface area contributed by atoms with Crippen molar-refractivity contribution in [3.05, 3.63) is 84.4 Å². The number of nitrogens with one attached hydrogen (secondary N) is 8. The topological polar surface area (TPSA) is 499 Å². The second-order valence-electron chi connectivity index (χ2n) is 18.6. The molecule has 1 aliphatic rings. The second kappa shape index (κ2) is 32.2. The average molecular weight is 1130 g/mol. The summed E-state index contributed by atoms with van der Waals surface area (Å²) in [7, 11) is 0. The maximum absolute atomic E-state index is 13.6. The van der Waals surface area contributed by atoms with Crippen molar-refractivity contribution in [1.82, 2.24) is 42.6 Å².